The number of hydrogen-bond acceptors (Lipinski definition) is 6. The number of nitrogens with one attached hydrogen (secondary N) is 1. The maximum absolute atomic E-state index is 12.3. The van der Waals surface area contributed by atoms with E-state index in [4.69, 9.17) is 14.2 Å². The van der Waals surface area contributed by atoms with E-state index in [0.29, 0.717) is 12.1 Å². The molecule has 2 bridgehead atoms. The molecule has 1 N–H and O–H groups in total. The molecular formula is C23H39N3O4. The van der Waals surface area contributed by atoms with Crippen LogP contribution in [0.15, 0.2) is 0 Å². The zero-order valence-corrected chi connectivity index (χ0v) is 19.0. The van der Waals surface area contributed by atoms with E-state index in [1.807, 2.05) is 20.8 Å². The third kappa shape index (κ3) is 4.10. The summed E-state index contributed by atoms with van der Waals surface area (Å²) >= 11 is 0. The second kappa shape index (κ2) is 7.61. The van der Waals surface area contributed by atoms with E-state index in [9.17, 15) is 4.79 Å². The number of nitrogens with zero attached hydrogens (tertiary/aromatic N) is 2. The molecule has 0 aromatic rings. The molecule has 3 heterocycles. The first-order valence-electron chi connectivity index (χ1n) is 12.0. The number of fused-ring (bicyclic) bond motifs is 1. The van der Waals surface area contributed by atoms with Crippen LogP contribution in [0.1, 0.15) is 65.7 Å². The monoisotopic (exact) mass is 421 g/mol. The van der Waals surface area contributed by atoms with Gasteiger partial charge >= 0.3 is 6.09 Å². The van der Waals surface area contributed by atoms with Gasteiger partial charge in [-0.25, -0.2) is 4.79 Å². The molecule has 3 aliphatic carbocycles. The van der Waals surface area contributed by atoms with Crippen LogP contribution in [0.3, 0.4) is 0 Å². The summed E-state index contributed by atoms with van der Waals surface area (Å²) in [6.07, 6.45) is 7.60. The molecule has 7 nitrogen and oxygen atoms in total. The van der Waals surface area contributed by atoms with Gasteiger partial charge in [-0.05, 0) is 71.9 Å². The summed E-state index contributed by atoms with van der Waals surface area (Å²) in [6.45, 7) is 11.8. The highest BCUT2D eigenvalue weighted by Crippen LogP contribution is 2.54. The fourth-order valence-electron chi connectivity index (χ4n) is 6.65. The van der Waals surface area contributed by atoms with Crippen molar-refractivity contribution in [2.24, 2.45) is 5.92 Å². The topological polar surface area (TPSA) is 63.3 Å². The van der Waals surface area contributed by atoms with Gasteiger partial charge < -0.3 is 19.5 Å². The van der Waals surface area contributed by atoms with Gasteiger partial charge in [-0.2, -0.15) is 0 Å². The van der Waals surface area contributed by atoms with Crippen LogP contribution >= 0.6 is 0 Å². The Kier molecular flexibility index (Phi) is 5.32. The Morgan fingerprint density at radius 3 is 2.20 bits per heavy atom. The van der Waals surface area contributed by atoms with Gasteiger partial charge in [-0.15, -0.1) is 0 Å². The molecule has 1 amide bonds. The maximum atomic E-state index is 12.3. The van der Waals surface area contributed by atoms with Crippen molar-refractivity contribution < 1.29 is 19.0 Å². The zero-order valence-electron chi connectivity index (χ0n) is 19.0. The van der Waals surface area contributed by atoms with Crippen LogP contribution < -0.4 is 5.32 Å². The van der Waals surface area contributed by atoms with E-state index in [-0.39, 0.29) is 17.4 Å². The van der Waals surface area contributed by atoms with Crippen molar-refractivity contribution in [1.82, 2.24) is 15.1 Å². The van der Waals surface area contributed by atoms with Gasteiger partial charge in [-0.3, -0.25) is 9.80 Å². The molecule has 0 aromatic carbocycles. The summed E-state index contributed by atoms with van der Waals surface area (Å²) in [7, 11) is 0. The number of piperidine rings is 2. The van der Waals surface area contributed by atoms with Crippen LogP contribution in [0.2, 0.25) is 0 Å². The predicted octanol–water partition coefficient (Wildman–Crippen LogP) is 2.74. The van der Waals surface area contributed by atoms with Crippen molar-refractivity contribution in [1.29, 1.82) is 0 Å². The van der Waals surface area contributed by atoms with Crippen molar-refractivity contribution in [3.63, 3.8) is 0 Å². The Morgan fingerprint density at radius 1 is 0.967 bits per heavy atom. The lowest BCUT2D eigenvalue weighted by molar-refractivity contribution is -0.188. The molecule has 6 rings (SSSR count). The molecule has 1 unspecified atom stereocenters. The standard InChI is InChI=1S/C23H39N3O4/c1-21(2,3)30-20(27)24-22-14-17(15-22)19(16-22)26-8-4-18(5-9-26)25-10-6-23(7-11-25)28-12-13-29-23/h17-19H,4-16H2,1-3H3,(H,24,27). The molecular weight excluding hydrogens is 382 g/mol. The lowest BCUT2D eigenvalue weighted by atomic mass is 9.76. The van der Waals surface area contributed by atoms with Crippen LogP contribution in [-0.2, 0) is 14.2 Å². The highest BCUT2D eigenvalue weighted by molar-refractivity contribution is 5.69. The second-order valence-corrected chi connectivity index (χ2v) is 11.3. The first kappa shape index (κ1) is 21.0. The van der Waals surface area contributed by atoms with E-state index < -0.39 is 5.60 Å². The Morgan fingerprint density at radius 2 is 1.60 bits per heavy atom. The fourth-order valence-corrected chi connectivity index (χ4v) is 6.65. The average molecular weight is 422 g/mol. The third-order valence-electron chi connectivity index (χ3n) is 8.07. The number of ether oxygens (including phenoxy) is 3. The molecule has 1 spiro atoms. The molecule has 0 aromatic heterocycles. The minimum atomic E-state index is -0.437. The van der Waals surface area contributed by atoms with E-state index in [1.54, 1.807) is 0 Å². The summed E-state index contributed by atoms with van der Waals surface area (Å²) in [5.74, 6) is 0.473. The lowest BCUT2D eigenvalue weighted by Crippen LogP contribution is -2.53. The van der Waals surface area contributed by atoms with Crippen molar-refractivity contribution >= 4 is 6.09 Å². The van der Waals surface area contributed by atoms with Gasteiger partial charge in [0.1, 0.15) is 5.60 Å². The Balaban J connectivity index is 1.08. The summed E-state index contributed by atoms with van der Waals surface area (Å²) in [6, 6.07) is 1.33. The van der Waals surface area contributed by atoms with Crippen molar-refractivity contribution in [2.45, 2.75) is 94.7 Å². The van der Waals surface area contributed by atoms with Gasteiger partial charge in [0.05, 0.1) is 13.2 Å². The SMILES string of the molecule is CC(C)(C)OC(=O)NC12CC(C1)C(N1CCC(N3CCC4(CC3)OCCO4)CC1)C2. The van der Waals surface area contributed by atoms with Gasteiger partial charge in [0, 0.05) is 43.6 Å². The summed E-state index contributed by atoms with van der Waals surface area (Å²) in [5, 5.41) is 3.21. The highest BCUT2D eigenvalue weighted by Gasteiger charge is 2.58. The van der Waals surface area contributed by atoms with Crippen LogP contribution in [0.25, 0.3) is 0 Å². The summed E-state index contributed by atoms with van der Waals surface area (Å²) in [5.41, 5.74) is -0.454. The fraction of sp³-hybridized carbons (Fsp3) is 0.957. The van der Waals surface area contributed by atoms with E-state index in [2.05, 4.69) is 15.1 Å². The number of hydrogen-bond donors (Lipinski definition) is 1. The number of rotatable bonds is 3. The maximum Gasteiger partial charge on any atom is 0.408 e. The zero-order chi connectivity index (χ0) is 21.0. The van der Waals surface area contributed by atoms with Gasteiger partial charge in [0.25, 0.3) is 0 Å². The molecule has 7 heteroatoms. The molecule has 6 aliphatic rings. The molecule has 3 aliphatic heterocycles. The molecule has 3 saturated carbocycles. The normalized spacial score (nSPS) is 37.3. The van der Waals surface area contributed by atoms with E-state index in [0.717, 1.165) is 64.3 Å². The summed E-state index contributed by atoms with van der Waals surface area (Å²) < 4.78 is 17.3. The highest BCUT2D eigenvalue weighted by atomic mass is 16.7. The molecule has 170 valence electrons. The third-order valence-corrected chi connectivity index (χ3v) is 8.07. The number of likely N-dealkylation sites (tertiary alicyclic amines) is 2. The molecule has 6 fully saturated rings. The largest absolute Gasteiger partial charge is 0.444 e. The van der Waals surface area contributed by atoms with Gasteiger partial charge in [-0.1, -0.05) is 0 Å². The average Bonchev–Trinajstić information content (AvgIpc) is 3.35. The minimum absolute atomic E-state index is 0.0169. The van der Waals surface area contributed by atoms with Crippen molar-refractivity contribution in [3.8, 4) is 0 Å². The van der Waals surface area contributed by atoms with Crippen LogP contribution in [0, 0.1) is 5.92 Å². The second-order valence-electron chi connectivity index (χ2n) is 11.3. The van der Waals surface area contributed by atoms with Crippen LogP contribution in [-0.4, -0.2) is 84.3 Å². The lowest BCUT2D eigenvalue weighted by Gasteiger charge is -2.45. The number of carbonyl (C=O) groups excluding carboxylic acids is 1. The first-order chi connectivity index (χ1) is 14.3. The number of amides is 1. The summed E-state index contributed by atoms with van der Waals surface area (Å²) in [4.78, 5) is 17.7. The number of alkyl carbamates (subject to hydrolysis) is 1. The first-order valence-corrected chi connectivity index (χ1v) is 12.0. The van der Waals surface area contributed by atoms with E-state index >= 15 is 0 Å². The van der Waals surface area contributed by atoms with E-state index in [1.165, 1.54) is 25.9 Å². The van der Waals surface area contributed by atoms with Crippen LogP contribution in [0.5, 0.6) is 0 Å². The van der Waals surface area contributed by atoms with Gasteiger partial charge in [0.2, 0.25) is 0 Å². The smallest absolute Gasteiger partial charge is 0.408 e. The predicted molar refractivity (Wildman–Crippen MR) is 113 cm³/mol. The van der Waals surface area contributed by atoms with Crippen LogP contribution in [0.4, 0.5) is 4.79 Å². The molecule has 1 atom stereocenters. The molecule has 3 saturated heterocycles. The van der Waals surface area contributed by atoms with Crippen molar-refractivity contribution in [2.75, 3.05) is 39.4 Å². The quantitative estimate of drug-likeness (QED) is 0.756. The van der Waals surface area contributed by atoms with Gasteiger partial charge in [0.15, 0.2) is 5.79 Å². The Bertz CT molecular complexity index is 633. The Hall–Kier alpha value is -0.890. The minimum Gasteiger partial charge on any atom is -0.444 e. The molecule has 0 radical (unpaired) electrons. The Labute approximate surface area is 180 Å². The molecule has 30 heavy (non-hydrogen) atoms. The number of carbonyl (C=O) groups is 1. The van der Waals surface area contributed by atoms with Crippen molar-refractivity contribution in [3.05, 3.63) is 0 Å².